The highest BCUT2D eigenvalue weighted by molar-refractivity contribution is 7.89. The van der Waals surface area contributed by atoms with Gasteiger partial charge in [-0.15, -0.1) is 0 Å². The molecule has 1 N–H and O–H groups in total. The van der Waals surface area contributed by atoms with Gasteiger partial charge in [0.25, 0.3) is 0 Å². The van der Waals surface area contributed by atoms with Crippen molar-refractivity contribution < 1.29 is 13.2 Å². The molecule has 0 aliphatic heterocycles. The zero-order valence-electron chi connectivity index (χ0n) is 20.5. The van der Waals surface area contributed by atoms with Gasteiger partial charge < -0.3 is 5.32 Å². The van der Waals surface area contributed by atoms with Crippen molar-refractivity contribution >= 4 is 45.0 Å². The summed E-state index contributed by atoms with van der Waals surface area (Å²) >= 11 is 12.2. The SMILES string of the molecule is CCCN(CC(=O)Nc1cc(C(C)(C)C)nn1-c1cccc(C)c1)S(=O)(=O)c1cc(Cl)ccc1Cl. The molecular weight excluding hydrogens is 507 g/mol. The van der Waals surface area contributed by atoms with Crippen LogP contribution in [0.2, 0.25) is 10.0 Å². The minimum atomic E-state index is -4.06. The van der Waals surface area contributed by atoms with Crippen LogP contribution in [-0.2, 0) is 20.2 Å². The van der Waals surface area contributed by atoms with E-state index in [0.717, 1.165) is 21.2 Å². The summed E-state index contributed by atoms with van der Waals surface area (Å²) in [5.74, 6) is -0.0328. The summed E-state index contributed by atoms with van der Waals surface area (Å²) in [6.45, 7) is 9.67. The lowest BCUT2D eigenvalue weighted by Gasteiger charge is -2.22. The molecule has 0 saturated heterocycles. The van der Waals surface area contributed by atoms with E-state index in [1.165, 1.54) is 18.2 Å². The van der Waals surface area contributed by atoms with Gasteiger partial charge in [-0.05, 0) is 49.2 Å². The van der Waals surface area contributed by atoms with Gasteiger partial charge in [0.05, 0.1) is 22.9 Å². The Labute approximate surface area is 217 Å². The van der Waals surface area contributed by atoms with Gasteiger partial charge >= 0.3 is 0 Å². The number of rotatable bonds is 8. The Hall–Kier alpha value is -2.39. The summed E-state index contributed by atoms with van der Waals surface area (Å²) in [5.41, 5.74) is 2.37. The van der Waals surface area contributed by atoms with Crippen molar-refractivity contribution in [2.24, 2.45) is 0 Å². The lowest BCUT2D eigenvalue weighted by molar-refractivity contribution is -0.116. The first kappa shape index (κ1) is 27.2. The molecule has 1 amide bonds. The van der Waals surface area contributed by atoms with Crippen LogP contribution in [-0.4, -0.2) is 41.5 Å². The second-order valence-electron chi connectivity index (χ2n) is 9.38. The van der Waals surface area contributed by atoms with E-state index in [1.54, 1.807) is 4.68 Å². The summed E-state index contributed by atoms with van der Waals surface area (Å²) in [6, 6.07) is 13.8. The Bertz CT molecular complexity index is 1330. The molecule has 188 valence electrons. The van der Waals surface area contributed by atoms with Gasteiger partial charge in [0, 0.05) is 23.0 Å². The molecule has 3 rings (SSSR count). The van der Waals surface area contributed by atoms with E-state index in [-0.39, 0.29) is 33.4 Å². The summed E-state index contributed by atoms with van der Waals surface area (Å²) < 4.78 is 29.4. The van der Waals surface area contributed by atoms with Gasteiger partial charge in [-0.25, -0.2) is 13.1 Å². The number of aromatic nitrogens is 2. The van der Waals surface area contributed by atoms with Crippen molar-refractivity contribution in [1.29, 1.82) is 0 Å². The summed E-state index contributed by atoms with van der Waals surface area (Å²) in [6.07, 6.45) is 0.514. The first-order chi connectivity index (χ1) is 16.3. The monoisotopic (exact) mass is 536 g/mol. The maximum Gasteiger partial charge on any atom is 0.245 e. The number of amides is 1. The molecule has 0 bridgehead atoms. The second-order valence-corrected chi connectivity index (χ2v) is 12.1. The van der Waals surface area contributed by atoms with Crippen LogP contribution in [0.3, 0.4) is 0 Å². The van der Waals surface area contributed by atoms with Gasteiger partial charge in [-0.2, -0.15) is 9.40 Å². The van der Waals surface area contributed by atoms with Gasteiger partial charge in [0.2, 0.25) is 15.9 Å². The summed E-state index contributed by atoms with van der Waals surface area (Å²) in [7, 11) is -4.06. The maximum absolute atomic E-state index is 13.3. The Morgan fingerprint density at radius 2 is 1.83 bits per heavy atom. The quantitative estimate of drug-likeness (QED) is 0.392. The Balaban J connectivity index is 1.93. The Kier molecular flexibility index (Phi) is 8.32. The third-order valence-electron chi connectivity index (χ3n) is 5.30. The molecule has 10 heteroatoms. The summed E-state index contributed by atoms with van der Waals surface area (Å²) in [4.78, 5) is 13.0. The fourth-order valence-corrected chi connectivity index (χ4v) is 5.71. The Morgan fingerprint density at radius 1 is 1.11 bits per heavy atom. The lowest BCUT2D eigenvalue weighted by atomic mass is 9.92. The zero-order chi connectivity index (χ0) is 26.0. The van der Waals surface area contributed by atoms with Crippen LogP contribution in [0.5, 0.6) is 0 Å². The van der Waals surface area contributed by atoms with E-state index >= 15 is 0 Å². The van der Waals surface area contributed by atoms with Crippen LogP contribution in [0.1, 0.15) is 45.4 Å². The number of halogens is 2. The zero-order valence-corrected chi connectivity index (χ0v) is 22.8. The van der Waals surface area contributed by atoms with Gasteiger partial charge in [-0.3, -0.25) is 4.79 Å². The fraction of sp³-hybridized carbons (Fsp3) is 0.360. The molecule has 0 saturated carbocycles. The number of nitrogens with one attached hydrogen (secondary N) is 1. The maximum atomic E-state index is 13.3. The average Bonchev–Trinajstić information content (AvgIpc) is 3.19. The number of hydrogen-bond acceptors (Lipinski definition) is 4. The molecule has 0 aliphatic rings. The number of hydrogen-bond donors (Lipinski definition) is 1. The van der Waals surface area contributed by atoms with E-state index in [2.05, 4.69) is 5.32 Å². The van der Waals surface area contributed by atoms with Gasteiger partial charge in [-0.1, -0.05) is 63.0 Å². The molecule has 7 nitrogen and oxygen atoms in total. The molecule has 0 radical (unpaired) electrons. The van der Waals surface area contributed by atoms with E-state index in [1.807, 2.05) is 65.0 Å². The highest BCUT2D eigenvalue weighted by Gasteiger charge is 2.29. The number of aryl methyl sites for hydroxylation is 1. The number of carbonyl (C=O) groups excluding carboxylic acids is 1. The number of anilines is 1. The standard InChI is InChI=1S/C25H30Cl2N4O3S/c1-6-12-30(35(33,34)21-14-18(26)10-11-20(21)27)16-24(32)28-23-15-22(25(3,4)5)29-31(23)19-9-7-8-17(2)13-19/h7-11,13-15H,6,12,16H2,1-5H3,(H,28,32). The minimum absolute atomic E-state index is 0.0447. The molecule has 0 atom stereocenters. The van der Waals surface area contributed by atoms with Crippen molar-refractivity contribution in [2.45, 2.75) is 51.3 Å². The first-order valence-corrected chi connectivity index (χ1v) is 13.4. The van der Waals surface area contributed by atoms with Crippen molar-refractivity contribution in [2.75, 3.05) is 18.4 Å². The summed E-state index contributed by atoms with van der Waals surface area (Å²) in [5, 5.41) is 7.86. The number of sulfonamides is 1. The van der Waals surface area contributed by atoms with E-state index in [9.17, 15) is 13.2 Å². The predicted molar refractivity (Wildman–Crippen MR) is 141 cm³/mol. The van der Waals surface area contributed by atoms with Crippen LogP contribution < -0.4 is 5.32 Å². The Morgan fingerprint density at radius 3 is 2.46 bits per heavy atom. The van der Waals surface area contributed by atoms with E-state index < -0.39 is 15.9 Å². The third kappa shape index (κ3) is 6.44. The smallest absolute Gasteiger partial charge is 0.245 e. The van der Waals surface area contributed by atoms with Crippen molar-refractivity contribution in [3.8, 4) is 5.69 Å². The van der Waals surface area contributed by atoms with E-state index in [4.69, 9.17) is 28.3 Å². The molecule has 0 spiro atoms. The molecule has 0 fully saturated rings. The number of nitrogens with zero attached hydrogens (tertiary/aromatic N) is 3. The predicted octanol–water partition coefficient (Wildman–Crippen LogP) is 5.82. The van der Waals surface area contributed by atoms with Crippen LogP contribution in [0, 0.1) is 6.92 Å². The molecule has 35 heavy (non-hydrogen) atoms. The molecule has 0 aliphatic carbocycles. The fourth-order valence-electron chi connectivity index (χ4n) is 3.48. The van der Waals surface area contributed by atoms with Crippen molar-refractivity contribution in [3.05, 3.63) is 69.8 Å². The highest BCUT2D eigenvalue weighted by Crippen LogP contribution is 2.29. The van der Waals surface area contributed by atoms with Crippen LogP contribution in [0.25, 0.3) is 5.69 Å². The second kappa shape index (κ2) is 10.7. The lowest BCUT2D eigenvalue weighted by Crippen LogP contribution is -2.38. The first-order valence-electron chi connectivity index (χ1n) is 11.3. The van der Waals surface area contributed by atoms with Crippen molar-refractivity contribution in [1.82, 2.24) is 14.1 Å². The highest BCUT2D eigenvalue weighted by atomic mass is 35.5. The normalized spacial score (nSPS) is 12.2. The molecular formula is C25H30Cl2N4O3S. The van der Waals surface area contributed by atoms with Gasteiger partial charge in [0.1, 0.15) is 10.7 Å². The average molecular weight is 538 g/mol. The molecule has 3 aromatic rings. The topological polar surface area (TPSA) is 84.3 Å². The molecule has 1 aromatic heterocycles. The van der Waals surface area contributed by atoms with Crippen LogP contribution in [0.4, 0.5) is 5.82 Å². The van der Waals surface area contributed by atoms with Gasteiger partial charge in [0.15, 0.2) is 0 Å². The largest absolute Gasteiger partial charge is 0.309 e. The van der Waals surface area contributed by atoms with E-state index in [0.29, 0.717) is 12.2 Å². The minimum Gasteiger partial charge on any atom is -0.309 e. The third-order valence-corrected chi connectivity index (χ3v) is 7.86. The molecule has 2 aromatic carbocycles. The van der Waals surface area contributed by atoms with Crippen LogP contribution in [0.15, 0.2) is 53.4 Å². The van der Waals surface area contributed by atoms with Crippen molar-refractivity contribution in [3.63, 3.8) is 0 Å². The number of carbonyl (C=O) groups is 1. The number of benzene rings is 2. The molecule has 0 unspecified atom stereocenters. The molecule has 1 heterocycles. The van der Waals surface area contributed by atoms with Crippen LogP contribution >= 0.6 is 23.2 Å².